The molecule has 0 radical (unpaired) electrons. The zero-order valence-electron chi connectivity index (χ0n) is 10.9. The largest absolute Gasteiger partial charge is 0.395 e. The minimum Gasteiger partial charge on any atom is -0.395 e. The van der Waals surface area contributed by atoms with Gasteiger partial charge in [-0.05, 0) is 13.5 Å². The molecule has 0 aromatic carbocycles. The lowest BCUT2D eigenvalue weighted by atomic mass is 10.1. The number of amides is 1. The molecular weight excluding hydrogens is 256 g/mol. The third-order valence-corrected chi connectivity index (χ3v) is 4.96. The molecule has 0 saturated carbocycles. The van der Waals surface area contributed by atoms with Gasteiger partial charge in [-0.1, -0.05) is 6.92 Å². The summed E-state index contributed by atoms with van der Waals surface area (Å²) in [6.07, 6.45) is 0.473. The second-order valence-electron chi connectivity index (χ2n) is 4.77. The van der Waals surface area contributed by atoms with E-state index in [1.165, 1.54) is 4.90 Å². The van der Waals surface area contributed by atoms with E-state index in [2.05, 4.69) is 5.32 Å². The maximum atomic E-state index is 12.2. The van der Waals surface area contributed by atoms with Crippen LogP contribution in [0.1, 0.15) is 13.3 Å². The summed E-state index contributed by atoms with van der Waals surface area (Å²) in [5.41, 5.74) is 0. The highest BCUT2D eigenvalue weighted by atomic mass is 32.2. The zero-order valence-corrected chi connectivity index (χ0v) is 11.7. The Morgan fingerprint density at radius 3 is 2.67 bits per heavy atom. The average molecular weight is 278 g/mol. The Morgan fingerprint density at radius 2 is 2.22 bits per heavy atom. The van der Waals surface area contributed by atoms with Crippen molar-refractivity contribution in [1.82, 2.24) is 10.2 Å². The van der Waals surface area contributed by atoms with Crippen LogP contribution < -0.4 is 5.32 Å². The van der Waals surface area contributed by atoms with E-state index in [-0.39, 0.29) is 42.5 Å². The van der Waals surface area contributed by atoms with Crippen LogP contribution in [0.2, 0.25) is 0 Å². The van der Waals surface area contributed by atoms with Crippen LogP contribution in [-0.4, -0.2) is 68.6 Å². The van der Waals surface area contributed by atoms with Gasteiger partial charge in [0.1, 0.15) is 0 Å². The molecule has 106 valence electrons. The number of rotatable bonds is 6. The number of carbonyl (C=O) groups excluding carboxylic acids is 1. The first-order chi connectivity index (χ1) is 8.41. The van der Waals surface area contributed by atoms with Gasteiger partial charge in [-0.2, -0.15) is 0 Å². The Bertz CT molecular complexity index is 383. The molecule has 1 rings (SSSR count). The highest BCUT2D eigenvalue weighted by molar-refractivity contribution is 7.91. The van der Waals surface area contributed by atoms with E-state index < -0.39 is 9.84 Å². The van der Waals surface area contributed by atoms with Crippen LogP contribution in [0.5, 0.6) is 0 Å². The molecular formula is C11H22N2O4S. The second-order valence-corrected chi connectivity index (χ2v) is 7.00. The molecule has 0 aromatic rings. The number of nitrogens with one attached hydrogen (secondary N) is 1. The molecule has 1 aliphatic heterocycles. The van der Waals surface area contributed by atoms with Gasteiger partial charge in [0.05, 0.1) is 18.1 Å². The minimum atomic E-state index is -3.02. The Morgan fingerprint density at radius 1 is 1.56 bits per heavy atom. The van der Waals surface area contributed by atoms with Crippen molar-refractivity contribution < 1.29 is 18.3 Å². The first-order valence-corrected chi connectivity index (χ1v) is 7.99. The van der Waals surface area contributed by atoms with Crippen molar-refractivity contribution in [3.05, 3.63) is 0 Å². The van der Waals surface area contributed by atoms with E-state index in [0.29, 0.717) is 13.0 Å². The number of aliphatic hydroxyl groups excluding tert-OH is 1. The van der Waals surface area contributed by atoms with E-state index in [4.69, 9.17) is 5.11 Å². The predicted octanol–water partition coefficient (Wildman–Crippen LogP) is -1.15. The molecule has 2 N–H and O–H groups in total. The molecule has 1 heterocycles. The molecule has 2 atom stereocenters. The van der Waals surface area contributed by atoms with E-state index in [1.807, 2.05) is 0 Å². The quantitative estimate of drug-likeness (QED) is 0.641. The summed E-state index contributed by atoms with van der Waals surface area (Å²) >= 11 is 0. The lowest BCUT2D eigenvalue weighted by Crippen LogP contribution is -2.46. The van der Waals surface area contributed by atoms with Crippen LogP contribution in [0.25, 0.3) is 0 Å². The van der Waals surface area contributed by atoms with E-state index in [1.54, 1.807) is 14.0 Å². The molecule has 1 fully saturated rings. The maximum Gasteiger partial charge on any atom is 0.227 e. The normalized spacial score (nSPS) is 23.8. The van der Waals surface area contributed by atoms with E-state index in [0.717, 1.165) is 0 Å². The SMILES string of the molecule is CNCC(C)C(=O)N(CCO)C1CCS(=O)(=O)C1. The van der Waals surface area contributed by atoms with Crippen LogP contribution in [0.3, 0.4) is 0 Å². The highest BCUT2D eigenvalue weighted by Gasteiger charge is 2.35. The highest BCUT2D eigenvalue weighted by Crippen LogP contribution is 2.19. The smallest absolute Gasteiger partial charge is 0.227 e. The Labute approximate surface area is 108 Å². The standard InChI is InChI=1S/C11H22N2O4S/c1-9(7-12-2)11(15)13(4-5-14)10-3-6-18(16,17)8-10/h9-10,12,14H,3-8H2,1-2H3. The number of hydrogen-bond acceptors (Lipinski definition) is 5. The van der Waals surface area contributed by atoms with Crippen LogP contribution in [0.4, 0.5) is 0 Å². The van der Waals surface area contributed by atoms with Crippen LogP contribution in [0, 0.1) is 5.92 Å². The van der Waals surface area contributed by atoms with Crippen molar-refractivity contribution in [3.63, 3.8) is 0 Å². The number of carbonyl (C=O) groups is 1. The molecule has 0 aliphatic carbocycles. The third kappa shape index (κ3) is 3.93. The van der Waals surface area contributed by atoms with Gasteiger partial charge in [0.2, 0.25) is 5.91 Å². The van der Waals surface area contributed by atoms with E-state index in [9.17, 15) is 13.2 Å². The lowest BCUT2D eigenvalue weighted by Gasteiger charge is -2.30. The second kappa shape index (κ2) is 6.49. The fourth-order valence-corrected chi connectivity index (χ4v) is 4.01. The van der Waals surface area contributed by atoms with Crippen LogP contribution in [0.15, 0.2) is 0 Å². The van der Waals surface area contributed by atoms with Crippen molar-refractivity contribution in [3.8, 4) is 0 Å². The monoisotopic (exact) mass is 278 g/mol. The summed E-state index contributed by atoms with van der Waals surface area (Å²) in [7, 11) is -1.26. The summed E-state index contributed by atoms with van der Waals surface area (Å²) in [5.74, 6) is -0.163. The molecule has 1 saturated heterocycles. The van der Waals surface area contributed by atoms with Gasteiger partial charge in [0, 0.05) is 25.0 Å². The molecule has 7 heteroatoms. The van der Waals surface area contributed by atoms with Crippen LogP contribution in [-0.2, 0) is 14.6 Å². The lowest BCUT2D eigenvalue weighted by molar-refractivity contribution is -0.137. The average Bonchev–Trinajstić information content (AvgIpc) is 2.66. The molecule has 1 amide bonds. The van der Waals surface area contributed by atoms with Crippen molar-refractivity contribution >= 4 is 15.7 Å². The molecule has 0 spiro atoms. The van der Waals surface area contributed by atoms with Crippen LogP contribution >= 0.6 is 0 Å². The van der Waals surface area contributed by atoms with Gasteiger partial charge in [0.15, 0.2) is 9.84 Å². The van der Waals surface area contributed by atoms with Crippen molar-refractivity contribution in [1.29, 1.82) is 0 Å². The van der Waals surface area contributed by atoms with Gasteiger partial charge >= 0.3 is 0 Å². The summed E-state index contributed by atoms with van der Waals surface area (Å²) < 4.78 is 22.9. The summed E-state index contributed by atoms with van der Waals surface area (Å²) in [5, 5.41) is 12.0. The molecule has 0 bridgehead atoms. The number of hydrogen-bond donors (Lipinski definition) is 2. The molecule has 18 heavy (non-hydrogen) atoms. The molecule has 2 unspecified atom stereocenters. The zero-order chi connectivity index (χ0) is 13.8. The van der Waals surface area contributed by atoms with Gasteiger partial charge in [-0.15, -0.1) is 0 Å². The van der Waals surface area contributed by atoms with Crippen molar-refractivity contribution in [2.75, 3.05) is 38.2 Å². The van der Waals surface area contributed by atoms with Gasteiger partial charge in [0.25, 0.3) is 0 Å². The van der Waals surface area contributed by atoms with Crippen molar-refractivity contribution in [2.24, 2.45) is 5.92 Å². The topological polar surface area (TPSA) is 86.7 Å². The molecule has 6 nitrogen and oxygen atoms in total. The summed E-state index contributed by atoms with van der Waals surface area (Å²) in [4.78, 5) is 13.7. The number of aliphatic hydroxyl groups is 1. The predicted molar refractivity (Wildman–Crippen MR) is 68.9 cm³/mol. The van der Waals surface area contributed by atoms with E-state index >= 15 is 0 Å². The third-order valence-electron chi connectivity index (χ3n) is 3.21. The molecule has 0 aromatic heterocycles. The Hall–Kier alpha value is -0.660. The first-order valence-electron chi connectivity index (χ1n) is 6.17. The summed E-state index contributed by atoms with van der Waals surface area (Å²) in [6.45, 7) is 2.40. The maximum absolute atomic E-state index is 12.2. The number of sulfone groups is 1. The first kappa shape index (κ1) is 15.4. The summed E-state index contributed by atoms with van der Waals surface area (Å²) in [6, 6.07) is -0.283. The van der Waals surface area contributed by atoms with Gasteiger partial charge in [-0.3, -0.25) is 4.79 Å². The van der Waals surface area contributed by atoms with Gasteiger partial charge < -0.3 is 15.3 Å². The Kier molecular flexibility index (Phi) is 5.55. The number of nitrogens with zero attached hydrogens (tertiary/aromatic N) is 1. The van der Waals surface area contributed by atoms with Crippen molar-refractivity contribution in [2.45, 2.75) is 19.4 Å². The minimum absolute atomic E-state index is 0.0189. The Balaban J connectivity index is 2.73. The molecule has 1 aliphatic rings. The fourth-order valence-electron chi connectivity index (χ4n) is 2.28. The fraction of sp³-hybridized carbons (Fsp3) is 0.909. The van der Waals surface area contributed by atoms with Gasteiger partial charge in [-0.25, -0.2) is 8.42 Å².